The third kappa shape index (κ3) is 1.67. The molecule has 0 amide bonds. The molecule has 0 radical (unpaired) electrons. The zero-order chi connectivity index (χ0) is 5.82. The molecule has 1 unspecified atom stereocenters. The van der Waals surface area contributed by atoms with Gasteiger partial charge in [-0.05, 0) is 19.1 Å². The summed E-state index contributed by atoms with van der Waals surface area (Å²) in [6.45, 7) is 0.991. The average molecular weight is 132 g/mol. The van der Waals surface area contributed by atoms with E-state index in [4.69, 9.17) is 4.74 Å². The number of rotatable bonds is 2. The normalized spacial score (nSPS) is 28.9. The molecule has 0 bridgehead atoms. The summed E-state index contributed by atoms with van der Waals surface area (Å²) in [6.07, 6.45) is 5.25. The van der Waals surface area contributed by atoms with E-state index < -0.39 is 0 Å². The van der Waals surface area contributed by atoms with E-state index in [9.17, 15) is 0 Å². The lowest BCUT2D eigenvalue weighted by Crippen LogP contribution is -2.06. The van der Waals surface area contributed by atoms with Gasteiger partial charge in [-0.15, -0.1) is 0 Å². The van der Waals surface area contributed by atoms with Crippen LogP contribution in [-0.4, -0.2) is 24.7 Å². The third-order valence-corrected chi connectivity index (χ3v) is 2.08. The largest absolute Gasteiger partial charge is 0.377 e. The van der Waals surface area contributed by atoms with Crippen molar-refractivity contribution in [2.24, 2.45) is 0 Å². The van der Waals surface area contributed by atoms with Crippen LogP contribution in [0.5, 0.6) is 0 Å². The number of hydrogen-bond acceptors (Lipinski definition) is 2. The lowest BCUT2D eigenvalue weighted by atomic mass is 10.3. The van der Waals surface area contributed by atoms with Crippen molar-refractivity contribution in [1.82, 2.24) is 0 Å². The molecule has 0 saturated carbocycles. The molecule has 0 aromatic heterocycles. The number of hydrogen-bond donors (Lipinski definition) is 0. The minimum absolute atomic E-state index is 0.574. The Bertz CT molecular complexity index is 59.5. The molecule has 1 rings (SSSR count). The molecule has 8 heavy (non-hydrogen) atoms. The Morgan fingerprint density at radius 1 is 1.75 bits per heavy atom. The van der Waals surface area contributed by atoms with E-state index in [1.165, 1.54) is 18.6 Å². The summed E-state index contributed by atoms with van der Waals surface area (Å²) < 4.78 is 5.37. The highest BCUT2D eigenvalue weighted by atomic mass is 32.2. The van der Waals surface area contributed by atoms with Gasteiger partial charge in [-0.3, -0.25) is 0 Å². The minimum atomic E-state index is 0.574. The molecule has 1 fully saturated rings. The van der Waals surface area contributed by atoms with Crippen molar-refractivity contribution in [2.45, 2.75) is 18.9 Å². The lowest BCUT2D eigenvalue weighted by molar-refractivity contribution is 0.129. The molecule has 0 spiro atoms. The van der Waals surface area contributed by atoms with Crippen LogP contribution in [0.2, 0.25) is 0 Å². The van der Waals surface area contributed by atoms with Crippen LogP contribution in [0, 0.1) is 0 Å². The van der Waals surface area contributed by atoms with E-state index in [-0.39, 0.29) is 0 Å². The third-order valence-electron chi connectivity index (χ3n) is 1.38. The Balaban J connectivity index is 2.06. The zero-order valence-corrected chi connectivity index (χ0v) is 6.04. The van der Waals surface area contributed by atoms with E-state index in [2.05, 4.69) is 6.26 Å². The Morgan fingerprint density at radius 3 is 3.12 bits per heavy atom. The fraction of sp³-hybridized carbons (Fsp3) is 1.00. The van der Waals surface area contributed by atoms with Crippen molar-refractivity contribution >= 4 is 11.8 Å². The summed E-state index contributed by atoms with van der Waals surface area (Å²) >= 11 is 1.87. The molecular weight excluding hydrogens is 120 g/mol. The zero-order valence-electron chi connectivity index (χ0n) is 5.22. The Hall–Kier alpha value is 0.310. The smallest absolute Gasteiger partial charge is 0.0666 e. The lowest BCUT2D eigenvalue weighted by Gasteiger charge is -2.04. The van der Waals surface area contributed by atoms with Crippen LogP contribution < -0.4 is 0 Å². The first-order valence-electron chi connectivity index (χ1n) is 3.04. The van der Waals surface area contributed by atoms with Crippen LogP contribution in [0.1, 0.15) is 12.8 Å². The van der Waals surface area contributed by atoms with E-state index in [0.717, 1.165) is 6.61 Å². The fourth-order valence-corrected chi connectivity index (χ4v) is 1.60. The highest BCUT2D eigenvalue weighted by Crippen LogP contribution is 2.14. The van der Waals surface area contributed by atoms with Crippen molar-refractivity contribution in [3.63, 3.8) is 0 Å². The predicted molar refractivity (Wildman–Crippen MR) is 37.4 cm³/mol. The topological polar surface area (TPSA) is 9.23 Å². The number of ether oxygens (including phenoxy) is 1. The minimum Gasteiger partial charge on any atom is -0.377 e. The van der Waals surface area contributed by atoms with Crippen molar-refractivity contribution in [1.29, 1.82) is 0 Å². The molecule has 0 aromatic rings. The quantitative estimate of drug-likeness (QED) is 0.563. The maximum atomic E-state index is 5.37. The van der Waals surface area contributed by atoms with Gasteiger partial charge in [-0.1, -0.05) is 0 Å². The van der Waals surface area contributed by atoms with E-state index in [1.54, 1.807) is 0 Å². The van der Waals surface area contributed by atoms with E-state index >= 15 is 0 Å². The van der Waals surface area contributed by atoms with Gasteiger partial charge in [0, 0.05) is 12.4 Å². The van der Waals surface area contributed by atoms with Crippen molar-refractivity contribution in [2.75, 3.05) is 18.6 Å². The summed E-state index contributed by atoms with van der Waals surface area (Å²) in [6, 6.07) is 0. The highest BCUT2D eigenvalue weighted by molar-refractivity contribution is 7.98. The van der Waals surface area contributed by atoms with Gasteiger partial charge in [0.1, 0.15) is 0 Å². The Morgan fingerprint density at radius 2 is 2.62 bits per heavy atom. The highest BCUT2D eigenvalue weighted by Gasteiger charge is 2.13. The molecule has 1 aliphatic heterocycles. The molecule has 1 atom stereocenters. The van der Waals surface area contributed by atoms with Crippen molar-refractivity contribution in [3.05, 3.63) is 0 Å². The maximum Gasteiger partial charge on any atom is 0.0666 e. The van der Waals surface area contributed by atoms with Gasteiger partial charge < -0.3 is 4.74 Å². The van der Waals surface area contributed by atoms with Crippen LogP contribution in [0.3, 0.4) is 0 Å². The molecular formula is C6H12OS. The standard InChI is InChI=1S/C6H12OS/c1-8-5-6-3-2-4-7-6/h6H,2-5H2,1H3. The Kier molecular flexibility index (Phi) is 2.70. The average Bonchev–Trinajstić information content (AvgIpc) is 2.19. The van der Waals surface area contributed by atoms with Gasteiger partial charge >= 0.3 is 0 Å². The van der Waals surface area contributed by atoms with Crippen molar-refractivity contribution < 1.29 is 4.74 Å². The van der Waals surface area contributed by atoms with E-state index in [0.29, 0.717) is 6.10 Å². The molecule has 48 valence electrons. The fourth-order valence-electron chi connectivity index (χ4n) is 0.962. The van der Waals surface area contributed by atoms with Crippen molar-refractivity contribution in [3.8, 4) is 0 Å². The molecule has 0 N–H and O–H groups in total. The second kappa shape index (κ2) is 3.36. The molecule has 0 aromatic carbocycles. The van der Waals surface area contributed by atoms with E-state index in [1.807, 2.05) is 11.8 Å². The van der Waals surface area contributed by atoms with Gasteiger partial charge in [-0.25, -0.2) is 0 Å². The van der Waals surface area contributed by atoms with Gasteiger partial charge in [0.25, 0.3) is 0 Å². The van der Waals surface area contributed by atoms with Crippen LogP contribution in [-0.2, 0) is 4.74 Å². The maximum absolute atomic E-state index is 5.37. The molecule has 1 heterocycles. The molecule has 1 aliphatic rings. The summed E-state index contributed by atoms with van der Waals surface area (Å²) in [4.78, 5) is 0. The monoisotopic (exact) mass is 132 g/mol. The van der Waals surface area contributed by atoms with Crippen LogP contribution in [0.15, 0.2) is 0 Å². The predicted octanol–water partition coefficient (Wildman–Crippen LogP) is 1.53. The Labute approximate surface area is 54.8 Å². The first kappa shape index (κ1) is 6.43. The van der Waals surface area contributed by atoms with Gasteiger partial charge in [0.15, 0.2) is 0 Å². The molecule has 0 aliphatic carbocycles. The summed E-state index contributed by atoms with van der Waals surface area (Å²) in [5.74, 6) is 1.18. The van der Waals surface area contributed by atoms with Gasteiger partial charge in [-0.2, -0.15) is 11.8 Å². The number of thioether (sulfide) groups is 1. The SMILES string of the molecule is CSCC1CCCO1. The summed E-state index contributed by atoms with van der Waals surface area (Å²) in [7, 11) is 0. The molecule has 1 saturated heterocycles. The van der Waals surface area contributed by atoms with Crippen LogP contribution >= 0.6 is 11.8 Å². The second-order valence-corrected chi connectivity index (χ2v) is 3.00. The van der Waals surface area contributed by atoms with Gasteiger partial charge in [0.05, 0.1) is 6.10 Å². The summed E-state index contributed by atoms with van der Waals surface area (Å²) in [5, 5.41) is 0. The summed E-state index contributed by atoms with van der Waals surface area (Å²) in [5.41, 5.74) is 0. The van der Waals surface area contributed by atoms with Crippen LogP contribution in [0.25, 0.3) is 0 Å². The first-order chi connectivity index (χ1) is 3.93. The van der Waals surface area contributed by atoms with Crippen LogP contribution in [0.4, 0.5) is 0 Å². The van der Waals surface area contributed by atoms with Gasteiger partial charge in [0.2, 0.25) is 0 Å². The second-order valence-electron chi connectivity index (χ2n) is 2.09. The first-order valence-corrected chi connectivity index (χ1v) is 4.43. The molecule has 2 heteroatoms. The molecule has 1 nitrogen and oxygen atoms in total.